The van der Waals surface area contributed by atoms with Gasteiger partial charge in [-0.25, -0.2) is 4.98 Å². The number of benzene rings is 2. The van der Waals surface area contributed by atoms with Crippen molar-refractivity contribution in [3.05, 3.63) is 70.2 Å². The van der Waals surface area contributed by atoms with Crippen LogP contribution in [0.4, 0.5) is 0 Å². The fourth-order valence-corrected chi connectivity index (χ4v) is 3.42. The number of amides is 1. The molecule has 1 amide bonds. The Morgan fingerprint density at radius 2 is 1.85 bits per heavy atom. The molecule has 0 atom stereocenters. The first-order valence-electron chi connectivity index (χ1n) is 8.25. The van der Waals surface area contributed by atoms with Crippen LogP contribution >= 0.6 is 22.9 Å². The van der Waals surface area contributed by atoms with Gasteiger partial charge in [-0.1, -0.05) is 35.9 Å². The first kappa shape index (κ1) is 18.4. The minimum Gasteiger partial charge on any atom is -0.494 e. The number of carbonyl (C=O) groups is 1. The lowest BCUT2D eigenvalue weighted by molar-refractivity contribution is 0.0780. The van der Waals surface area contributed by atoms with Crippen LogP contribution in [0, 0.1) is 0 Å². The Bertz CT molecular complexity index is 876. The summed E-state index contributed by atoms with van der Waals surface area (Å²) in [6, 6.07) is 15.2. The Balaban J connectivity index is 1.67. The fraction of sp³-hybridized carbons (Fsp3) is 0.200. The number of aromatic nitrogens is 1. The summed E-state index contributed by atoms with van der Waals surface area (Å²) in [7, 11) is 1.78. The van der Waals surface area contributed by atoms with Crippen molar-refractivity contribution in [2.24, 2.45) is 0 Å². The van der Waals surface area contributed by atoms with Crippen LogP contribution in [-0.4, -0.2) is 29.4 Å². The number of thiazole rings is 1. The lowest BCUT2D eigenvalue weighted by atomic mass is 10.2. The van der Waals surface area contributed by atoms with E-state index in [1.807, 2.05) is 55.5 Å². The second-order valence-corrected chi connectivity index (χ2v) is 7.08. The Morgan fingerprint density at radius 1 is 1.15 bits per heavy atom. The molecule has 134 valence electrons. The molecule has 0 spiro atoms. The van der Waals surface area contributed by atoms with E-state index < -0.39 is 0 Å². The highest BCUT2D eigenvalue weighted by atomic mass is 35.5. The molecule has 3 rings (SSSR count). The predicted octanol–water partition coefficient (Wildman–Crippen LogP) is 5.13. The van der Waals surface area contributed by atoms with Gasteiger partial charge in [0.1, 0.15) is 16.5 Å². The van der Waals surface area contributed by atoms with Crippen LogP contribution in [0.15, 0.2) is 53.9 Å². The molecule has 0 fully saturated rings. The van der Waals surface area contributed by atoms with Gasteiger partial charge in [0, 0.05) is 29.6 Å². The van der Waals surface area contributed by atoms with Crippen molar-refractivity contribution in [3.63, 3.8) is 0 Å². The molecule has 0 radical (unpaired) electrons. The van der Waals surface area contributed by atoms with Gasteiger partial charge in [-0.05, 0) is 36.8 Å². The van der Waals surface area contributed by atoms with Gasteiger partial charge in [0.25, 0.3) is 5.91 Å². The van der Waals surface area contributed by atoms with Crippen molar-refractivity contribution < 1.29 is 9.53 Å². The van der Waals surface area contributed by atoms with Gasteiger partial charge in [-0.3, -0.25) is 4.79 Å². The molecule has 0 saturated carbocycles. The minimum absolute atomic E-state index is 0.102. The highest BCUT2D eigenvalue weighted by molar-refractivity contribution is 7.13. The van der Waals surface area contributed by atoms with Crippen molar-refractivity contribution in [2.75, 3.05) is 13.7 Å². The van der Waals surface area contributed by atoms with E-state index in [0.29, 0.717) is 23.9 Å². The summed E-state index contributed by atoms with van der Waals surface area (Å²) in [5.74, 6) is 0.729. The molecule has 0 bridgehead atoms. The molecule has 0 aliphatic carbocycles. The average Bonchev–Trinajstić information content (AvgIpc) is 3.13. The summed E-state index contributed by atoms with van der Waals surface area (Å²) < 4.78 is 5.44. The van der Waals surface area contributed by atoms with E-state index in [0.717, 1.165) is 21.9 Å². The summed E-state index contributed by atoms with van der Waals surface area (Å²) in [5.41, 5.74) is 2.44. The Morgan fingerprint density at radius 3 is 2.50 bits per heavy atom. The molecule has 0 unspecified atom stereocenters. The van der Waals surface area contributed by atoms with Gasteiger partial charge in [0.05, 0.1) is 6.61 Å². The molecule has 26 heavy (non-hydrogen) atoms. The van der Waals surface area contributed by atoms with Gasteiger partial charge in [0.2, 0.25) is 0 Å². The molecule has 0 aliphatic rings. The van der Waals surface area contributed by atoms with Gasteiger partial charge in [-0.2, -0.15) is 0 Å². The zero-order valence-corrected chi connectivity index (χ0v) is 16.2. The van der Waals surface area contributed by atoms with E-state index in [-0.39, 0.29) is 5.91 Å². The monoisotopic (exact) mass is 386 g/mol. The van der Waals surface area contributed by atoms with E-state index in [9.17, 15) is 4.79 Å². The third-order valence-electron chi connectivity index (χ3n) is 3.82. The maximum atomic E-state index is 12.6. The molecular formula is C20H19ClN2O2S. The van der Waals surface area contributed by atoms with Gasteiger partial charge in [0.15, 0.2) is 0 Å². The van der Waals surface area contributed by atoms with Crippen LogP contribution < -0.4 is 4.74 Å². The van der Waals surface area contributed by atoms with E-state index in [2.05, 4.69) is 4.98 Å². The molecule has 3 aromatic rings. The van der Waals surface area contributed by atoms with E-state index in [1.54, 1.807) is 17.3 Å². The maximum Gasteiger partial charge on any atom is 0.273 e. The standard InChI is InChI=1S/C20H19ClN2O2S/c1-3-25-17-10-4-14(5-11-17)12-23(2)20(24)18-13-26-19(22-18)15-6-8-16(21)9-7-15/h4-11,13H,3,12H2,1-2H3. The van der Waals surface area contributed by atoms with Gasteiger partial charge >= 0.3 is 0 Å². The Labute approximate surface area is 162 Å². The van der Waals surface area contributed by atoms with Crippen molar-refractivity contribution in [2.45, 2.75) is 13.5 Å². The molecular weight excluding hydrogens is 368 g/mol. The summed E-state index contributed by atoms with van der Waals surface area (Å²) >= 11 is 7.36. The SMILES string of the molecule is CCOc1ccc(CN(C)C(=O)c2csc(-c3ccc(Cl)cc3)n2)cc1. The normalized spacial score (nSPS) is 10.6. The zero-order chi connectivity index (χ0) is 18.5. The summed E-state index contributed by atoms with van der Waals surface area (Å²) in [5, 5.41) is 3.28. The molecule has 0 N–H and O–H groups in total. The average molecular weight is 387 g/mol. The van der Waals surface area contributed by atoms with Crippen LogP contribution in [0.5, 0.6) is 5.75 Å². The zero-order valence-electron chi connectivity index (χ0n) is 14.6. The second kappa shape index (κ2) is 8.34. The van der Waals surface area contributed by atoms with E-state index >= 15 is 0 Å². The van der Waals surface area contributed by atoms with Gasteiger partial charge < -0.3 is 9.64 Å². The third kappa shape index (κ3) is 4.42. The van der Waals surface area contributed by atoms with Gasteiger partial charge in [-0.15, -0.1) is 11.3 Å². The number of rotatable bonds is 6. The van der Waals surface area contributed by atoms with Crippen molar-refractivity contribution >= 4 is 28.8 Å². The van der Waals surface area contributed by atoms with Crippen molar-refractivity contribution in [1.82, 2.24) is 9.88 Å². The van der Waals surface area contributed by atoms with E-state index in [4.69, 9.17) is 16.3 Å². The number of halogens is 1. The maximum absolute atomic E-state index is 12.6. The summed E-state index contributed by atoms with van der Waals surface area (Å²) in [6.07, 6.45) is 0. The van der Waals surface area contributed by atoms with Crippen molar-refractivity contribution in [1.29, 1.82) is 0 Å². The quantitative estimate of drug-likeness (QED) is 0.589. The highest BCUT2D eigenvalue weighted by Crippen LogP contribution is 2.25. The van der Waals surface area contributed by atoms with Crippen molar-refractivity contribution in [3.8, 4) is 16.3 Å². The number of nitrogens with zero attached hydrogens (tertiary/aromatic N) is 2. The number of hydrogen-bond acceptors (Lipinski definition) is 4. The van der Waals surface area contributed by atoms with Crippen LogP contribution in [0.1, 0.15) is 23.0 Å². The Kier molecular flexibility index (Phi) is 5.91. The van der Waals surface area contributed by atoms with Crippen LogP contribution in [-0.2, 0) is 6.54 Å². The lowest BCUT2D eigenvalue weighted by Crippen LogP contribution is -2.26. The van der Waals surface area contributed by atoms with Crippen LogP contribution in [0.3, 0.4) is 0 Å². The topological polar surface area (TPSA) is 42.4 Å². The van der Waals surface area contributed by atoms with Crippen LogP contribution in [0.25, 0.3) is 10.6 Å². The van der Waals surface area contributed by atoms with E-state index in [1.165, 1.54) is 11.3 Å². The molecule has 1 aromatic heterocycles. The second-order valence-electron chi connectivity index (χ2n) is 5.78. The molecule has 0 saturated heterocycles. The molecule has 4 nitrogen and oxygen atoms in total. The van der Waals surface area contributed by atoms with Crippen LogP contribution in [0.2, 0.25) is 5.02 Å². The first-order chi connectivity index (χ1) is 12.6. The molecule has 2 aromatic carbocycles. The highest BCUT2D eigenvalue weighted by Gasteiger charge is 2.16. The predicted molar refractivity (Wildman–Crippen MR) is 106 cm³/mol. The minimum atomic E-state index is -0.102. The summed E-state index contributed by atoms with van der Waals surface area (Å²) in [4.78, 5) is 18.8. The third-order valence-corrected chi connectivity index (χ3v) is 4.96. The smallest absolute Gasteiger partial charge is 0.273 e. The first-order valence-corrected chi connectivity index (χ1v) is 9.51. The molecule has 1 heterocycles. The Hall–Kier alpha value is -2.37. The molecule has 0 aliphatic heterocycles. The number of carbonyl (C=O) groups excluding carboxylic acids is 1. The summed E-state index contributed by atoms with van der Waals surface area (Å²) in [6.45, 7) is 3.10. The number of hydrogen-bond donors (Lipinski definition) is 0. The fourth-order valence-electron chi connectivity index (χ4n) is 2.50. The number of ether oxygens (including phenoxy) is 1. The largest absolute Gasteiger partial charge is 0.494 e. The molecule has 6 heteroatoms. The lowest BCUT2D eigenvalue weighted by Gasteiger charge is -2.16.